The Kier molecular flexibility index (Phi) is 4.07. The zero-order valence-electron chi connectivity index (χ0n) is 11.1. The fourth-order valence-electron chi connectivity index (χ4n) is 1.72. The number of nitrogens with zero attached hydrogens (tertiary/aromatic N) is 3. The summed E-state index contributed by atoms with van der Waals surface area (Å²) in [6.45, 7) is 1.87. The molecule has 2 aromatic rings. The molecule has 108 valence electrons. The third kappa shape index (κ3) is 3.50. The SMILES string of the molecule is Cc1nc(NCc2cccc([N+](=O)[O-])c2)ncc1C(=O)O. The second-order valence-electron chi connectivity index (χ2n) is 4.28. The van der Waals surface area contributed by atoms with Gasteiger partial charge in [0.15, 0.2) is 0 Å². The van der Waals surface area contributed by atoms with E-state index >= 15 is 0 Å². The number of hydrogen-bond acceptors (Lipinski definition) is 6. The maximum Gasteiger partial charge on any atom is 0.339 e. The molecule has 2 rings (SSSR count). The van der Waals surface area contributed by atoms with Crippen LogP contribution in [0.3, 0.4) is 0 Å². The second kappa shape index (κ2) is 5.95. The summed E-state index contributed by atoms with van der Waals surface area (Å²) in [5.74, 6) is -0.818. The number of carbonyl (C=O) groups is 1. The third-order valence-corrected chi connectivity index (χ3v) is 2.78. The average Bonchev–Trinajstić information content (AvgIpc) is 2.45. The normalized spacial score (nSPS) is 10.1. The van der Waals surface area contributed by atoms with Crippen LogP contribution in [0.25, 0.3) is 0 Å². The van der Waals surface area contributed by atoms with Gasteiger partial charge < -0.3 is 10.4 Å². The summed E-state index contributed by atoms with van der Waals surface area (Å²) in [6.07, 6.45) is 1.22. The van der Waals surface area contributed by atoms with Gasteiger partial charge in [-0.25, -0.2) is 14.8 Å². The molecule has 0 fully saturated rings. The Morgan fingerprint density at radius 2 is 2.24 bits per heavy atom. The van der Waals surface area contributed by atoms with Crippen LogP contribution in [0.5, 0.6) is 0 Å². The molecule has 0 radical (unpaired) electrons. The lowest BCUT2D eigenvalue weighted by molar-refractivity contribution is -0.384. The molecule has 0 saturated carbocycles. The Morgan fingerprint density at radius 1 is 1.48 bits per heavy atom. The molecule has 1 aromatic heterocycles. The summed E-state index contributed by atoms with van der Waals surface area (Å²) in [4.78, 5) is 29.0. The molecule has 8 nitrogen and oxygen atoms in total. The molecule has 0 atom stereocenters. The number of benzene rings is 1. The molecule has 1 heterocycles. The number of nitrogens with one attached hydrogen (secondary N) is 1. The summed E-state index contributed by atoms with van der Waals surface area (Å²) >= 11 is 0. The van der Waals surface area contributed by atoms with Crippen LogP contribution >= 0.6 is 0 Å². The lowest BCUT2D eigenvalue weighted by Crippen LogP contribution is -2.08. The fourth-order valence-corrected chi connectivity index (χ4v) is 1.72. The molecule has 0 aliphatic heterocycles. The minimum atomic E-state index is -1.09. The number of carboxylic acid groups (broad SMARTS) is 1. The van der Waals surface area contributed by atoms with Crippen molar-refractivity contribution in [3.05, 3.63) is 57.4 Å². The average molecular weight is 288 g/mol. The molecule has 0 spiro atoms. The van der Waals surface area contributed by atoms with Crippen LogP contribution in [0.4, 0.5) is 11.6 Å². The molecular formula is C13H12N4O4. The minimum absolute atomic E-state index is 0.00706. The van der Waals surface area contributed by atoms with Crippen LogP contribution in [0.2, 0.25) is 0 Å². The van der Waals surface area contributed by atoms with Gasteiger partial charge in [0.25, 0.3) is 5.69 Å². The molecule has 0 bridgehead atoms. The molecule has 0 amide bonds. The fraction of sp³-hybridized carbons (Fsp3) is 0.154. The standard InChI is InChI=1S/C13H12N4O4/c1-8-11(12(18)19)7-15-13(16-8)14-6-9-3-2-4-10(5-9)17(20)21/h2-5,7H,6H2,1H3,(H,18,19)(H,14,15,16). The molecule has 21 heavy (non-hydrogen) atoms. The van der Waals surface area contributed by atoms with Crippen molar-refractivity contribution in [1.29, 1.82) is 0 Å². The van der Waals surface area contributed by atoms with Gasteiger partial charge in [0.05, 0.1) is 16.2 Å². The van der Waals surface area contributed by atoms with Crippen molar-refractivity contribution >= 4 is 17.6 Å². The van der Waals surface area contributed by atoms with Crippen molar-refractivity contribution in [2.24, 2.45) is 0 Å². The number of aromatic nitrogens is 2. The Hall–Kier alpha value is -3.03. The highest BCUT2D eigenvalue weighted by molar-refractivity contribution is 5.88. The van der Waals surface area contributed by atoms with Gasteiger partial charge in [-0.05, 0) is 12.5 Å². The van der Waals surface area contributed by atoms with Crippen molar-refractivity contribution in [3.63, 3.8) is 0 Å². The maximum absolute atomic E-state index is 10.8. The van der Waals surface area contributed by atoms with E-state index in [1.54, 1.807) is 19.1 Å². The van der Waals surface area contributed by atoms with Crippen LogP contribution < -0.4 is 5.32 Å². The number of carboxylic acids is 1. The first-order chi connectivity index (χ1) is 9.97. The van der Waals surface area contributed by atoms with Crippen molar-refractivity contribution in [2.75, 3.05) is 5.32 Å². The highest BCUT2D eigenvalue weighted by Gasteiger charge is 2.10. The number of nitro benzene ring substituents is 1. The molecule has 0 saturated heterocycles. The number of aromatic carboxylic acids is 1. The predicted molar refractivity (Wildman–Crippen MR) is 74.2 cm³/mol. The van der Waals surface area contributed by atoms with E-state index in [4.69, 9.17) is 5.11 Å². The van der Waals surface area contributed by atoms with Crippen LogP contribution in [0, 0.1) is 17.0 Å². The largest absolute Gasteiger partial charge is 0.478 e. The lowest BCUT2D eigenvalue weighted by atomic mass is 10.2. The van der Waals surface area contributed by atoms with Gasteiger partial charge in [-0.15, -0.1) is 0 Å². The molecule has 0 aliphatic rings. The van der Waals surface area contributed by atoms with Crippen molar-refractivity contribution in [1.82, 2.24) is 9.97 Å². The van der Waals surface area contributed by atoms with Crippen LogP contribution in [0.1, 0.15) is 21.6 Å². The predicted octanol–water partition coefficient (Wildman–Crippen LogP) is 2.00. The molecular weight excluding hydrogens is 276 g/mol. The zero-order chi connectivity index (χ0) is 15.4. The molecule has 0 aliphatic carbocycles. The maximum atomic E-state index is 10.8. The Balaban J connectivity index is 2.10. The van der Waals surface area contributed by atoms with E-state index in [1.807, 2.05) is 0 Å². The summed E-state index contributed by atoms with van der Waals surface area (Å²) < 4.78 is 0. The van der Waals surface area contributed by atoms with Gasteiger partial charge in [0.2, 0.25) is 5.95 Å². The third-order valence-electron chi connectivity index (χ3n) is 2.78. The van der Waals surface area contributed by atoms with Gasteiger partial charge >= 0.3 is 5.97 Å². The summed E-state index contributed by atoms with van der Waals surface area (Å²) in [5, 5.41) is 22.5. The van der Waals surface area contributed by atoms with Gasteiger partial charge in [0.1, 0.15) is 0 Å². The monoisotopic (exact) mass is 288 g/mol. The molecule has 0 unspecified atom stereocenters. The number of non-ortho nitro benzene ring substituents is 1. The smallest absolute Gasteiger partial charge is 0.339 e. The first-order valence-electron chi connectivity index (χ1n) is 6.01. The molecule has 8 heteroatoms. The zero-order valence-corrected chi connectivity index (χ0v) is 11.1. The first kappa shape index (κ1) is 14.4. The van der Waals surface area contributed by atoms with Gasteiger partial charge in [-0.1, -0.05) is 12.1 Å². The quantitative estimate of drug-likeness (QED) is 0.638. The molecule has 1 aromatic carbocycles. The van der Waals surface area contributed by atoms with E-state index in [9.17, 15) is 14.9 Å². The minimum Gasteiger partial charge on any atom is -0.478 e. The van der Waals surface area contributed by atoms with Gasteiger partial charge in [-0.3, -0.25) is 10.1 Å². The van der Waals surface area contributed by atoms with Crippen LogP contribution in [-0.4, -0.2) is 26.0 Å². The molecule has 2 N–H and O–H groups in total. The Morgan fingerprint density at radius 3 is 2.86 bits per heavy atom. The summed E-state index contributed by atoms with van der Waals surface area (Å²) in [7, 11) is 0. The highest BCUT2D eigenvalue weighted by Crippen LogP contribution is 2.14. The van der Waals surface area contributed by atoms with Gasteiger partial charge in [-0.2, -0.15) is 0 Å². The summed E-state index contributed by atoms with van der Waals surface area (Å²) in [5.41, 5.74) is 1.09. The van der Waals surface area contributed by atoms with Crippen LogP contribution in [0.15, 0.2) is 30.5 Å². The van der Waals surface area contributed by atoms with Crippen molar-refractivity contribution in [3.8, 4) is 0 Å². The first-order valence-corrected chi connectivity index (χ1v) is 6.01. The van der Waals surface area contributed by atoms with E-state index < -0.39 is 10.9 Å². The number of aryl methyl sites for hydroxylation is 1. The topological polar surface area (TPSA) is 118 Å². The summed E-state index contributed by atoms with van der Waals surface area (Å²) in [6, 6.07) is 6.19. The van der Waals surface area contributed by atoms with Crippen molar-refractivity contribution < 1.29 is 14.8 Å². The number of anilines is 1. The number of rotatable bonds is 5. The van der Waals surface area contributed by atoms with E-state index in [1.165, 1.54) is 18.3 Å². The Labute approximate surface area is 119 Å². The van der Waals surface area contributed by atoms with E-state index in [-0.39, 0.29) is 17.2 Å². The van der Waals surface area contributed by atoms with E-state index in [0.717, 1.165) is 0 Å². The van der Waals surface area contributed by atoms with Crippen molar-refractivity contribution in [2.45, 2.75) is 13.5 Å². The number of nitro groups is 1. The van der Waals surface area contributed by atoms with Gasteiger partial charge in [0, 0.05) is 24.9 Å². The highest BCUT2D eigenvalue weighted by atomic mass is 16.6. The van der Waals surface area contributed by atoms with E-state index in [0.29, 0.717) is 17.8 Å². The second-order valence-corrected chi connectivity index (χ2v) is 4.28. The number of hydrogen-bond donors (Lipinski definition) is 2. The lowest BCUT2D eigenvalue weighted by Gasteiger charge is -2.06. The Bertz CT molecular complexity index is 702. The van der Waals surface area contributed by atoms with Crippen LogP contribution in [-0.2, 0) is 6.54 Å². The van der Waals surface area contributed by atoms with E-state index in [2.05, 4.69) is 15.3 Å².